The molecule has 1 aromatic carbocycles. The van der Waals surface area contributed by atoms with Gasteiger partial charge in [-0.05, 0) is 42.2 Å². The molecule has 1 aliphatic heterocycles. The average Bonchev–Trinajstić information content (AvgIpc) is 2.70. The Labute approximate surface area is 165 Å². The number of halogens is 1. The summed E-state index contributed by atoms with van der Waals surface area (Å²) >= 11 is 6.00. The third-order valence-corrected chi connectivity index (χ3v) is 5.04. The van der Waals surface area contributed by atoms with E-state index in [2.05, 4.69) is 21.3 Å². The molecule has 1 unspecified atom stereocenters. The van der Waals surface area contributed by atoms with Crippen molar-refractivity contribution >= 4 is 17.5 Å². The van der Waals surface area contributed by atoms with Crippen molar-refractivity contribution in [2.45, 2.75) is 25.3 Å². The van der Waals surface area contributed by atoms with Crippen LogP contribution in [0.5, 0.6) is 0 Å². The van der Waals surface area contributed by atoms with Gasteiger partial charge in [0.05, 0.1) is 19.3 Å². The van der Waals surface area contributed by atoms with Crippen molar-refractivity contribution in [2.75, 3.05) is 32.8 Å². The Bertz CT molecular complexity index is 720. The summed E-state index contributed by atoms with van der Waals surface area (Å²) in [6, 6.07) is 11.9. The van der Waals surface area contributed by atoms with Crippen LogP contribution in [0.15, 0.2) is 48.8 Å². The topological polar surface area (TPSA) is 54.5 Å². The van der Waals surface area contributed by atoms with Crippen LogP contribution in [0.3, 0.4) is 0 Å². The van der Waals surface area contributed by atoms with E-state index in [1.54, 1.807) is 6.20 Å². The molecule has 1 amide bonds. The maximum atomic E-state index is 12.3. The van der Waals surface area contributed by atoms with E-state index in [4.69, 9.17) is 16.3 Å². The summed E-state index contributed by atoms with van der Waals surface area (Å²) in [5.74, 6) is 0.0826. The number of pyridine rings is 1. The number of morpholine rings is 1. The summed E-state index contributed by atoms with van der Waals surface area (Å²) in [5.41, 5.74) is 2.29. The summed E-state index contributed by atoms with van der Waals surface area (Å²) in [4.78, 5) is 18.9. The maximum Gasteiger partial charge on any atom is 0.220 e. The Morgan fingerprint density at radius 2 is 2.11 bits per heavy atom. The summed E-state index contributed by atoms with van der Waals surface area (Å²) in [6.45, 7) is 3.77. The molecule has 1 N–H and O–H groups in total. The Morgan fingerprint density at radius 3 is 2.85 bits per heavy atom. The van der Waals surface area contributed by atoms with Crippen molar-refractivity contribution in [2.24, 2.45) is 0 Å². The summed E-state index contributed by atoms with van der Waals surface area (Å²) < 4.78 is 5.46. The zero-order chi connectivity index (χ0) is 18.9. The molecule has 144 valence electrons. The normalized spacial score (nSPS) is 16.0. The molecule has 27 heavy (non-hydrogen) atoms. The highest BCUT2D eigenvalue weighted by Gasteiger charge is 2.23. The number of aromatic nitrogens is 1. The third-order valence-electron chi connectivity index (χ3n) is 4.81. The van der Waals surface area contributed by atoms with Gasteiger partial charge in [0.1, 0.15) is 0 Å². The first-order valence-corrected chi connectivity index (χ1v) is 9.83. The molecule has 0 spiro atoms. The zero-order valence-corrected chi connectivity index (χ0v) is 16.2. The minimum absolute atomic E-state index is 0.0826. The van der Waals surface area contributed by atoms with Gasteiger partial charge in [-0.2, -0.15) is 0 Å². The van der Waals surface area contributed by atoms with Crippen LogP contribution in [-0.2, 0) is 16.0 Å². The van der Waals surface area contributed by atoms with E-state index in [1.165, 1.54) is 0 Å². The van der Waals surface area contributed by atoms with Crippen LogP contribution < -0.4 is 5.32 Å². The Kier molecular flexibility index (Phi) is 7.63. The molecule has 1 saturated heterocycles. The molecule has 0 aliphatic carbocycles. The molecule has 1 aromatic heterocycles. The highest BCUT2D eigenvalue weighted by atomic mass is 35.5. The number of rotatable bonds is 8. The Balaban J connectivity index is 1.49. The van der Waals surface area contributed by atoms with Gasteiger partial charge >= 0.3 is 0 Å². The monoisotopic (exact) mass is 387 g/mol. The van der Waals surface area contributed by atoms with Gasteiger partial charge in [-0.25, -0.2) is 0 Å². The predicted molar refractivity (Wildman–Crippen MR) is 107 cm³/mol. The van der Waals surface area contributed by atoms with Crippen LogP contribution in [0.25, 0.3) is 0 Å². The average molecular weight is 388 g/mol. The molecule has 2 aromatic rings. The number of nitrogens with zero attached hydrogens (tertiary/aromatic N) is 2. The predicted octanol–water partition coefficient (Wildman–Crippen LogP) is 3.25. The van der Waals surface area contributed by atoms with Gasteiger partial charge in [0.25, 0.3) is 0 Å². The van der Waals surface area contributed by atoms with Crippen LogP contribution in [-0.4, -0.2) is 48.6 Å². The number of aryl methyl sites for hydroxylation is 1. The number of ether oxygens (including phenoxy) is 1. The van der Waals surface area contributed by atoms with Crippen LogP contribution in [0.4, 0.5) is 0 Å². The quantitative estimate of drug-likeness (QED) is 0.755. The SMILES string of the molecule is O=C(CCCc1cccc(Cl)c1)NCC(c1cccnc1)N1CCOCC1. The molecule has 3 rings (SSSR count). The first-order valence-electron chi connectivity index (χ1n) is 9.45. The Morgan fingerprint density at radius 1 is 1.26 bits per heavy atom. The van der Waals surface area contributed by atoms with Gasteiger partial charge in [0.15, 0.2) is 0 Å². The van der Waals surface area contributed by atoms with Crippen molar-refractivity contribution in [1.82, 2.24) is 15.2 Å². The fraction of sp³-hybridized carbons (Fsp3) is 0.429. The van der Waals surface area contributed by atoms with Crippen LogP contribution in [0.1, 0.15) is 30.0 Å². The number of nitrogens with one attached hydrogen (secondary N) is 1. The van der Waals surface area contributed by atoms with E-state index in [9.17, 15) is 4.79 Å². The summed E-state index contributed by atoms with van der Waals surface area (Å²) in [7, 11) is 0. The first kappa shape index (κ1) is 19.8. The lowest BCUT2D eigenvalue weighted by Crippen LogP contribution is -2.43. The minimum atomic E-state index is 0.0826. The van der Waals surface area contributed by atoms with Gasteiger partial charge in [-0.15, -0.1) is 0 Å². The molecular formula is C21H26ClN3O2. The number of benzene rings is 1. The molecule has 0 bridgehead atoms. The molecule has 2 heterocycles. The number of hydrogen-bond acceptors (Lipinski definition) is 4. The molecule has 0 radical (unpaired) electrons. The standard InChI is InChI=1S/C21H26ClN3O2/c22-19-7-1-4-17(14-19)5-2-8-21(26)24-16-20(18-6-3-9-23-15-18)25-10-12-27-13-11-25/h1,3-4,6-7,9,14-15,20H,2,5,8,10-13,16H2,(H,24,26). The van der Waals surface area contributed by atoms with E-state index >= 15 is 0 Å². The van der Waals surface area contributed by atoms with Crippen molar-refractivity contribution < 1.29 is 9.53 Å². The zero-order valence-electron chi connectivity index (χ0n) is 15.4. The number of amides is 1. The third kappa shape index (κ3) is 6.31. The lowest BCUT2D eigenvalue weighted by molar-refractivity contribution is -0.121. The molecule has 1 atom stereocenters. The van der Waals surface area contributed by atoms with Crippen LogP contribution >= 0.6 is 11.6 Å². The minimum Gasteiger partial charge on any atom is -0.379 e. The van der Waals surface area contributed by atoms with Crippen molar-refractivity contribution in [3.63, 3.8) is 0 Å². The fourth-order valence-corrected chi connectivity index (χ4v) is 3.58. The smallest absolute Gasteiger partial charge is 0.220 e. The second kappa shape index (κ2) is 10.4. The lowest BCUT2D eigenvalue weighted by atomic mass is 10.1. The summed E-state index contributed by atoms with van der Waals surface area (Å²) in [6.07, 6.45) is 5.82. The highest BCUT2D eigenvalue weighted by Crippen LogP contribution is 2.20. The van der Waals surface area contributed by atoms with Crippen molar-refractivity contribution in [1.29, 1.82) is 0 Å². The van der Waals surface area contributed by atoms with Gasteiger partial charge in [-0.3, -0.25) is 14.7 Å². The molecule has 5 nitrogen and oxygen atoms in total. The molecule has 1 aliphatic rings. The van der Waals surface area contributed by atoms with E-state index in [0.717, 1.165) is 55.3 Å². The van der Waals surface area contributed by atoms with Gasteiger partial charge in [-0.1, -0.05) is 29.8 Å². The van der Waals surface area contributed by atoms with E-state index in [0.29, 0.717) is 13.0 Å². The van der Waals surface area contributed by atoms with E-state index in [-0.39, 0.29) is 11.9 Å². The second-order valence-corrected chi connectivity index (χ2v) is 7.17. The van der Waals surface area contributed by atoms with E-state index < -0.39 is 0 Å². The van der Waals surface area contributed by atoms with Crippen LogP contribution in [0.2, 0.25) is 5.02 Å². The Hall–Kier alpha value is -1.95. The molecule has 0 saturated carbocycles. The lowest BCUT2D eigenvalue weighted by Gasteiger charge is -2.34. The van der Waals surface area contributed by atoms with Crippen molar-refractivity contribution in [3.05, 3.63) is 64.9 Å². The molecular weight excluding hydrogens is 362 g/mol. The molecule has 1 fully saturated rings. The largest absolute Gasteiger partial charge is 0.379 e. The van der Waals surface area contributed by atoms with Crippen molar-refractivity contribution in [3.8, 4) is 0 Å². The summed E-state index contributed by atoms with van der Waals surface area (Å²) in [5, 5.41) is 3.84. The van der Waals surface area contributed by atoms with Gasteiger partial charge in [0.2, 0.25) is 5.91 Å². The first-order chi connectivity index (χ1) is 13.2. The second-order valence-electron chi connectivity index (χ2n) is 6.74. The van der Waals surface area contributed by atoms with E-state index in [1.807, 2.05) is 36.5 Å². The van der Waals surface area contributed by atoms with Gasteiger partial charge in [0, 0.05) is 43.5 Å². The highest BCUT2D eigenvalue weighted by molar-refractivity contribution is 6.30. The van der Waals surface area contributed by atoms with Crippen LogP contribution in [0, 0.1) is 0 Å². The maximum absolute atomic E-state index is 12.3. The number of carbonyl (C=O) groups excluding carboxylic acids is 1. The fourth-order valence-electron chi connectivity index (χ4n) is 3.36. The molecule has 6 heteroatoms. The number of carbonyl (C=O) groups is 1. The van der Waals surface area contributed by atoms with Gasteiger partial charge < -0.3 is 10.1 Å². The number of hydrogen-bond donors (Lipinski definition) is 1.